The smallest absolute Gasteiger partial charge is 0.226 e. The third-order valence-corrected chi connectivity index (χ3v) is 3.64. The fourth-order valence-corrected chi connectivity index (χ4v) is 2.62. The Morgan fingerprint density at radius 2 is 2.36 bits per heavy atom. The summed E-state index contributed by atoms with van der Waals surface area (Å²) in [7, 11) is 0. The maximum Gasteiger partial charge on any atom is 0.226 e. The highest BCUT2D eigenvalue weighted by Gasteiger charge is 2.20. The Kier molecular flexibility index (Phi) is 4.19. The second-order valence-electron chi connectivity index (χ2n) is 5.57. The standard InChI is InChI=1S/C14H20N6O2/c1-9-7-12(19-22-9)17-14(21)5-6-15-11-3-4-13-16-10(2)18-20(13)8-11/h7,11,15H,3-6,8H2,1-2H3,(H,17,19,21)/t11-/m0/s1. The van der Waals surface area contributed by atoms with Gasteiger partial charge >= 0.3 is 0 Å². The molecule has 0 spiro atoms. The van der Waals surface area contributed by atoms with Crippen LogP contribution in [0, 0.1) is 13.8 Å². The summed E-state index contributed by atoms with van der Waals surface area (Å²) in [5.41, 5.74) is 0. The number of anilines is 1. The summed E-state index contributed by atoms with van der Waals surface area (Å²) >= 11 is 0. The molecule has 8 heteroatoms. The molecule has 2 aromatic heterocycles. The normalized spacial score (nSPS) is 17.3. The van der Waals surface area contributed by atoms with E-state index in [-0.39, 0.29) is 5.91 Å². The minimum absolute atomic E-state index is 0.0751. The Labute approximate surface area is 128 Å². The lowest BCUT2D eigenvalue weighted by Crippen LogP contribution is -2.39. The first-order chi connectivity index (χ1) is 10.6. The zero-order chi connectivity index (χ0) is 15.5. The number of aromatic nitrogens is 4. The van der Waals surface area contributed by atoms with Crippen LogP contribution in [0.5, 0.6) is 0 Å². The van der Waals surface area contributed by atoms with E-state index in [9.17, 15) is 4.79 Å². The third kappa shape index (κ3) is 3.51. The van der Waals surface area contributed by atoms with E-state index in [0.29, 0.717) is 30.6 Å². The van der Waals surface area contributed by atoms with E-state index in [1.165, 1.54) is 0 Å². The van der Waals surface area contributed by atoms with Gasteiger partial charge in [0, 0.05) is 31.5 Å². The lowest BCUT2D eigenvalue weighted by atomic mass is 10.1. The van der Waals surface area contributed by atoms with Crippen molar-refractivity contribution in [2.45, 2.75) is 45.7 Å². The number of carbonyl (C=O) groups excluding carboxylic acids is 1. The molecule has 0 unspecified atom stereocenters. The SMILES string of the molecule is Cc1nc2n(n1)C[C@@H](NCCC(=O)Nc1cc(C)on1)CC2. The molecule has 118 valence electrons. The van der Waals surface area contributed by atoms with Crippen LogP contribution in [0.4, 0.5) is 5.82 Å². The molecule has 3 heterocycles. The highest BCUT2D eigenvalue weighted by Crippen LogP contribution is 2.13. The average Bonchev–Trinajstić information content (AvgIpc) is 3.03. The summed E-state index contributed by atoms with van der Waals surface area (Å²) in [5.74, 6) is 2.93. The first-order valence-corrected chi connectivity index (χ1v) is 7.47. The van der Waals surface area contributed by atoms with Crippen LogP contribution in [0.2, 0.25) is 0 Å². The van der Waals surface area contributed by atoms with E-state index >= 15 is 0 Å². The highest BCUT2D eigenvalue weighted by atomic mass is 16.5. The Bertz CT molecular complexity index is 662. The average molecular weight is 304 g/mol. The Balaban J connectivity index is 1.41. The molecule has 8 nitrogen and oxygen atoms in total. The van der Waals surface area contributed by atoms with E-state index in [4.69, 9.17) is 4.52 Å². The van der Waals surface area contributed by atoms with Gasteiger partial charge in [0.2, 0.25) is 5.91 Å². The highest BCUT2D eigenvalue weighted by molar-refractivity contribution is 5.89. The molecule has 1 aliphatic rings. The van der Waals surface area contributed by atoms with E-state index in [1.54, 1.807) is 13.0 Å². The van der Waals surface area contributed by atoms with Crippen molar-refractivity contribution in [2.24, 2.45) is 0 Å². The predicted octanol–water partition coefficient (Wildman–Crippen LogP) is 0.816. The van der Waals surface area contributed by atoms with Gasteiger partial charge in [-0.3, -0.25) is 4.79 Å². The molecule has 0 radical (unpaired) electrons. The molecule has 2 N–H and O–H groups in total. The first-order valence-electron chi connectivity index (χ1n) is 7.47. The number of rotatable bonds is 5. The van der Waals surface area contributed by atoms with Gasteiger partial charge < -0.3 is 15.2 Å². The predicted molar refractivity (Wildman–Crippen MR) is 79.4 cm³/mol. The van der Waals surface area contributed by atoms with Crippen molar-refractivity contribution in [1.29, 1.82) is 0 Å². The van der Waals surface area contributed by atoms with Crippen LogP contribution in [0.1, 0.15) is 30.3 Å². The van der Waals surface area contributed by atoms with Gasteiger partial charge in [-0.2, -0.15) is 5.10 Å². The topological polar surface area (TPSA) is 97.9 Å². The van der Waals surface area contributed by atoms with Crippen LogP contribution in [0.15, 0.2) is 10.6 Å². The number of amides is 1. The first kappa shape index (κ1) is 14.7. The molecule has 2 aromatic rings. The fraction of sp³-hybridized carbons (Fsp3) is 0.571. The molecule has 0 saturated heterocycles. The third-order valence-electron chi connectivity index (χ3n) is 3.64. The number of hydrogen-bond acceptors (Lipinski definition) is 6. The van der Waals surface area contributed by atoms with E-state index < -0.39 is 0 Å². The van der Waals surface area contributed by atoms with Gasteiger partial charge in [0.15, 0.2) is 5.82 Å². The minimum Gasteiger partial charge on any atom is -0.360 e. The summed E-state index contributed by atoms with van der Waals surface area (Å²) in [6, 6.07) is 2.02. The monoisotopic (exact) mass is 304 g/mol. The number of aryl methyl sites for hydroxylation is 3. The van der Waals surface area contributed by atoms with Crippen molar-refractivity contribution in [3.63, 3.8) is 0 Å². The fourth-order valence-electron chi connectivity index (χ4n) is 2.62. The second kappa shape index (κ2) is 6.27. The van der Waals surface area contributed by atoms with Crippen LogP contribution in [-0.4, -0.2) is 38.4 Å². The van der Waals surface area contributed by atoms with Crippen LogP contribution in [0.3, 0.4) is 0 Å². The van der Waals surface area contributed by atoms with E-state index in [2.05, 4.69) is 25.9 Å². The van der Waals surface area contributed by atoms with Gasteiger partial charge in [-0.05, 0) is 20.3 Å². The summed E-state index contributed by atoms with van der Waals surface area (Å²) in [6.45, 7) is 5.12. The van der Waals surface area contributed by atoms with Crippen molar-refractivity contribution in [3.8, 4) is 0 Å². The molecule has 0 aromatic carbocycles. The molecule has 1 aliphatic heterocycles. The molecule has 0 bridgehead atoms. The van der Waals surface area contributed by atoms with Crippen molar-refractivity contribution >= 4 is 11.7 Å². The van der Waals surface area contributed by atoms with Crippen molar-refractivity contribution in [3.05, 3.63) is 23.5 Å². The van der Waals surface area contributed by atoms with Crippen LogP contribution < -0.4 is 10.6 Å². The summed E-state index contributed by atoms with van der Waals surface area (Å²) < 4.78 is 6.86. The molecule has 0 fully saturated rings. The van der Waals surface area contributed by atoms with Gasteiger partial charge in [-0.25, -0.2) is 9.67 Å². The summed E-state index contributed by atoms with van der Waals surface area (Å²) in [5, 5.41) is 14.2. The minimum atomic E-state index is -0.0751. The van der Waals surface area contributed by atoms with Crippen LogP contribution in [0.25, 0.3) is 0 Å². The lowest BCUT2D eigenvalue weighted by molar-refractivity contribution is -0.116. The number of nitrogens with one attached hydrogen (secondary N) is 2. The van der Waals surface area contributed by atoms with Crippen molar-refractivity contribution in [2.75, 3.05) is 11.9 Å². The summed E-state index contributed by atoms with van der Waals surface area (Å²) in [6.07, 6.45) is 2.33. The van der Waals surface area contributed by atoms with Gasteiger partial charge in [0.1, 0.15) is 17.4 Å². The van der Waals surface area contributed by atoms with Crippen molar-refractivity contribution in [1.82, 2.24) is 25.2 Å². The number of hydrogen-bond donors (Lipinski definition) is 2. The zero-order valence-electron chi connectivity index (χ0n) is 12.8. The van der Waals surface area contributed by atoms with Crippen LogP contribution >= 0.6 is 0 Å². The number of carbonyl (C=O) groups is 1. The number of fused-ring (bicyclic) bond motifs is 1. The molecular weight excluding hydrogens is 284 g/mol. The lowest BCUT2D eigenvalue weighted by Gasteiger charge is -2.23. The van der Waals surface area contributed by atoms with Crippen molar-refractivity contribution < 1.29 is 9.32 Å². The Hall–Kier alpha value is -2.22. The van der Waals surface area contributed by atoms with Gasteiger partial charge in [0.25, 0.3) is 0 Å². The van der Waals surface area contributed by atoms with Gasteiger partial charge in [-0.1, -0.05) is 5.16 Å². The Morgan fingerprint density at radius 3 is 3.14 bits per heavy atom. The quantitative estimate of drug-likeness (QED) is 0.848. The zero-order valence-corrected chi connectivity index (χ0v) is 12.8. The molecule has 22 heavy (non-hydrogen) atoms. The summed E-state index contributed by atoms with van der Waals surface area (Å²) in [4.78, 5) is 16.2. The molecule has 0 aliphatic carbocycles. The maximum atomic E-state index is 11.8. The second-order valence-corrected chi connectivity index (χ2v) is 5.57. The largest absolute Gasteiger partial charge is 0.360 e. The van der Waals surface area contributed by atoms with Crippen LogP contribution in [-0.2, 0) is 17.8 Å². The number of nitrogens with zero attached hydrogens (tertiary/aromatic N) is 4. The molecule has 1 atom stereocenters. The van der Waals surface area contributed by atoms with E-state index in [1.807, 2.05) is 11.6 Å². The van der Waals surface area contributed by atoms with Gasteiger partial charge in [-0.15, -0.1) is 0 Å². The van der Waals surface area contributed by atoms with Gasteiger partial charge in [0.05, 0.1) is 6.54 Å². The molecule has 1 amide bonds. The molecule has 3 rings (SSSR count). The van der Waals surface area contributed by atoms with E-state index in [0.717, 1.165) is 31.0 Å². The molecular formula is C14H20N6O2. The molecule has 0 saturated carbocycles. The maximum absolute atomic E-state index is 11.8. The Morgan fingerprint density at radius 1 is 1.50 bits per heavy atom.